The molecule has 1 unspecified atom stereocenters. The van der Waals surface area contributed by atoms with Crippen LogP contribution in [0.1, 0.15) is 11.6 Å². The molecule has 9 nitrogen and oxygen atoms in total. The molecular formula is C16H18N2O7S2. The lowest BCUT2D eigenvalue weighted by Crippen LogP contribution is -2.49. The number of benzene rings is 2. The molecule has 1 heterocycles. The number of hydroxylamine groups is 1. The Balaban J connectivity index is 1.91. The summed E-state index contributed by atoms with van der Waals surface area (Å²) in [7, 11) is -5.55. The Labute approximate surface area is 157 Å². The fourth-order valence-corrected chi connectivity index (χ4v) is 5.04. The zero-order chi connectivity index (χ0) is 19.7. The number of rotatable bonds is 5. The molecule has 0 aromatic heterocycles. The molecule has 2 aromatic rings. The quantitative estimate of drug-likeness (QED) is 0.783. The lowest BCUT2D eigenvalue weighted by atomic mass is 10.1. The Morgan fingerprint density at radius 1 is 1.00 bits per heavy atom. The summed E-state index contributed by atoms with van der Waals surface area (Å²) >= 11 is 0. The number of sulfonamides is 1. The predicted octanol–water partition coefficient (Wildman–Crippen LogP) is 1.22. The Morgan fingerprint density at radius 2 is 1.52 bits per heavy atom. The first kappa shape index (κ1) is 19.6. The topological polar surface area (TPSA) is 111 Å². The molecule has 0 amide bonds. The second-order valence-electron chi connectivity index (χ2n) is 5.64. The van der Waals surface area contributed by atoms with Gasteiger partial charge in [-0.05, 0) is 42.0 Å². The van der Waals surface area contributed by atoms with Crippen LogP contribution in [0.25, 0.3) is 0 Å². The third-order valence-corrected chi connectivity index (χ3v) is 6.61. The molecule has 0 spiro atoms. The van der Waals surface area contributed by atoms with Gasteiger partial charge in [0.05, 0.1) is 31.7 Å². The standard InChI is InChI=1S/C16H18N2O7S2/c1-23-13-5-3-12(4-6-13)16-11-18(25-27(21,22)17-16)26(19,20)15-9-7-14(24-2)8-10-15/h3-10,16-17H,11H2,1-2H3. The van der Waals surface area contributed by atoms with E-state index in [9.17, 15) is 16.8 Å². The van der Waals surface area contributed by atoms with Gasteiger partial charge in [0.1, 0.15) is 11.5 Å². The highest BCUT2D eigenvalue weighted by Crippen LogP contribution is 2.28. The van der Waals surface area contributed by atoms with Crippen LogP contribution >= 0.6 is 0 Å². The second kappa shape index (κ2) is 7.44. The van der Waals surface area contributed by atoms with E-state index in [0.29, 0.717) is 21.5 Å². The predicted molar refractivity (Wildman–Crippen MR) is 95.8 cm³/mol. The maximum Gasteiger partial charge on any atom is 0.353 e. The molecule has 1 aliphatic heterocycles. The molecule has 2 aromatic carbocycles. The average Bonchev–Trinajstić information content (AvgIpc) is 2.67. The zero-order valence-corrected chi connectivity index (χ0v) is 16.2. The van der Waals surface area contributed by atoms with Crippen LogP contribution in [0.4, 0.5) is 0 Å². The summed E-state index contributed by atoms with van der Waals surface area (Å²) in [6, 6.07) is 11.3. The molecule has 0 saturated carbocycles. The van der Waals surface area contributed by atoms with E-state index in [2.05, 4.69) is 4.72 Å². The van der Waals surface area contributed by atoms with Gasteiger partial charge in [-0.25, -0.2) is 8.42 Å². The van der Waals surface area contributed by atoms with Gasteiger partial charge in [-0.2, -0.15) is 13.1 Å². The summed E-state index contributed by atoms with van der Waals surface area (Å²) in [5, 5.41) is 0. The number of nitrogens with zero attached hydrogens (tertiary/aromatic N) is 1. The van der Waals surface area contributed by atoms with Crippen molar-refractivity contribution in [2.75, 3.05) is 20.8 Å². The van der Waals surface area contributed by atoms with Crippen LogP contribution in [0.15, 0.2) is 53.4 Å². The van der Waals surface area contributed by atoms with Crippen molar-refractivity contribution in [2.45, 2.75) is 10.9 Å². The van der Waals surface area contributed by atoms with E-state index < -0.39 is 26.4 Å². The van der Waals surface area contributed by atoms with Crippen molar-refractivity contribution in [3.8, 4) is 11.5 Å². The van der Waals surface area contributed by atoms with Crippen molar-refractivity contribution >= 4 is 20.3 Å². The molecule has 27 heavy (non-hydrogen) atoms. The van der Waals surface area contributed by atoms with E-state index in [1.165, 1.54) is 38.5 Å². The molecule has 1 saturated heterocycles. The molecule has 0 radical (unpaired) electrons. The van der Waals surface area contributed by atoms with Crippen molar-refractivity contribution in [2.24, 2.45) is 0 Å². The monoisotopic (exact) mass is 414 g/mol. The highest BCUT2D eigenvalue weighted by molar-refractivity contribution is 7.90. The minimum Gasteiger partial charge on any atom is -0.497 e. The maximum atomic E-state index is 12.8. The normalized spacial score (nSPS) is 20.1. The summed E-state index contributed by atoms with van der Waals surface area (Å²) < 4.78 is 67.3. The van der Waals surface area contributed by atoms with Crippen LogP contribution in [0.3, 0.4) is 0 Å². The number of methoxy groups -OCH3 is 2. The van der Waals surface area contributed by atoms with E-state index in [1.807, 2.05) is 0 Å². The van der Waals surface area contributed by atoms with Crippen molar-refractivity contribution in [3.05, 3.63) is 54.1 Å². The van der Waals surface area contributed by atoms with Crippen molar-refractivity contribution < 1.29 is 30.6 Å². The molecule has 1 N–H and O–H groups in total. The molecule has 1 fully saturated rings. The Bertz CT molecular complexity index is 1000. The fourth-order valence-electron chi connectivity index (χ4n) is 2.54. The van der Waals surface area contributed by atoms with Crippen LogP contribution in [0.2, 0.25) is 0 Å². The maximum absolute atomic E-state index is 12.8. The summed E-state index contributed by atoms with van der Waals surface area (Å²) in [6.45, 7) is -0.236. The Kier molecular flexibility index (Phi) is 5.40. The number of hydrogen-bond acceptors (Lipinski definition) is 7. The lowest BCUT2D eigenvalue weighted by Gasteiger charge is -2.31. The molecular weight excluding hydrogens is 396 g/mol. The largest absolute Gasteiger partial charge is 0.497 e. The van der Waals surface area contributed by atoms with E-state index in [0.717, 1.165) is 0 Å². The zero-order valence-electron chi connectivity index (χ0n) is 14.5. The summed E-state index contributed by atoms with van der Waals surface area (Å²) in [6.07, 6.45) is 0. The fraction of sp³-hybridized carbons (Fsp3) is 0.250. The Hall–Kier alpha value is -2.18. The molecule has 0 aliphatic carbocycles. The first-order valence-electron chi connectivity index (χ1n) is 7.78. The second-order valence-corrected chi connectivity index (χ2v) is 8.76. The average molecular weight is 414 g/mol. The lowest BCUT2D eigenvalue weighted by molar-refractivity contribution is 0.0169. The van der Waals surface area contributed by atoms with Crippen LogP contribution < -0.4 is 14.2 Å². The van der Waals surface area contributed by atoms with Gasteiger partial charge >= 0.3 is 10.3 Å². The third-order valence-electron chi connectivity index (χ3n) is 3.94. The van der Waals surface area contributed by atoms with E-state index in [4.69, 9.17) is 13.8 Å². The Morgan fingerprint density at radius 3 is 2.04 bits per heavy atom. The van der Waals surface area contributed by atoms with Crippen LogP contribution in [0.5, 0.6) is 11.5 Å². The van der Waals surface area contributed by atoms with Gasteiger partial charge in [0.2, 0.25) is 0 Å². The van der Waals surface area contributed by atoms with Crippen LogP contribution in [-0.4, -0.2) is 42.1 Å². The van der Waals surface area contributed by atoms with E-state index in [1.54, 1.807) is 24.3 Å². The van der Waals surface area contributed by atoms with Crippen molar-refractivity contribution in [3.63, 3.8) is 0 Å². The third kappa shape index (κ3) is 4.22. The minimum atomic E-state index is -4.31. The van der Waals surface area contributed by atoms with Crippen molar-refractivity contribution in [1.29, 1.82) is 0 Å². The minimum absolute atomic E-state index is 0.117. The molecule has 146 valence electrons. The van der Waals surface area contributed by atoms with E-state index in [-0.39, 0.29) is 11.4 Å². The summed E-state index contributed by atoms with van der Waals surface area (Å²) in [4.78, 5) is -0.117. The summed E-state index contributed by atoms with van der Waals surface area (Å²) in [5.74, 6) is 1.07. The van der Waals surface area contributed by atoms with E-state index >= 15 is 0 Å². The molecule has 1 atom stereocenters. The smallest absolute Gasteiger partial charge is 0.353 e. The van der Waals surface area contributed by atoms with Gasteiger partial charge in [-0.1, -0.05) is 16.6 Å². The van der Waals surface area contributed by atoms with Gasteiger partial charge in [0, 0.05) is 0 Å². The molecule has 0 bridgehead atoms. The van der Waals surface area contributed by atoms with Crippen molar-refractivity contribution in [1.82, 2.24) is 9.19 Å². The molecule has 3 rings (SSSR count). The first-order valence-corrected chi connectivity index (χ1v) is 10.6. The van der Waals surface area contributed by atoms with Gasteiger partial charge in [0.15, 0.2) is 0 Å². The molecule has 1 aliphatic rings. The van der Waals surface area contributed by atoms with Crippen LogP contribution in [-0.2, 0) is 24.6 Å². The van der Waals surface area contributed by atoms with Gasteiger partial charge < -0.3 is 9.47 Å². The van der Waals surface area contributed by atoms with Gasteiger partial charge in [-0.3, -0.25) is 0 Å². The SMILES string of the molecule is COc1ccc(C2CN(S(=O)(=O)c3ccc(OC)cc3)OS(=O)(=O)N2)cc1. The first-order chi connectivity index (χ1) is 12.7. The highest BCUT2D eigenvalue weighted by Gasteiger charge is 2.39. The van der Waals surface area contributed by atoms with Gasteiger partial charge in [-0.15, -0.1) is 4.28 Å². The number of nitrogens with one attached hydrogen (secondary N) is 1. The summed E-state index contributed by atoms with van der Waals surface area (Å²) in [5.41, 5.74) is 0.567. The van der Waals surface area contributed by atoms with Crippen LogP contribution in [0, 0.1) is 0 Å². The molecule has 11 heteroatoms. The van der Waals surface area contributed by atoms with Gasteiger partial charge in [0.25, 0.3) is 10.0 Å². The highest BCUT2D eigenvalue weighted by atomic mass is 32.2. The number of hydrogen-bond donors (Lipinski definition) is 1. The number of ether oxygens (including phenoxy) is 2.